The van der Waals surface area contributed by atoms with Crippen LogP contribution in [0, 0.1) is 0 Å². The van der Waals surface area contributed by atoms with Crippen molar-refractivity contribution in [1.82, 2.24) is 4.31 Å². The molecule has 132 valence electrons. The van der Waals surface area contributed by atoms with Gasteiger partial charge in [-0.3, -0.25) is 4.79 Å². The maximum absolute atomic E-state index is 12.8. The Balaban J connectivity index is 1.73. The van der Waals surface area contributed by atoms with Crippen LogP contribution in [0.1, 0.15) is 5.56 Å². The number of carbonyl (C=O) groups is 1. The molecule has 0 radical (unpaired) electrons. The first-order chi connectivity index (χ1) is 12.0. The molecule has 1 N–H and O–H groups in total. The van der Waals surface area contributed by atoms with E-state index in [1.165, 1.54) is 16.4 Å². The molecule has 6 nitrogen and oxygen atoms in total. The molecule has 7 heteroatoms. The van der Waals surface area contributed by atoms with Crippen molar-refractivity contribution >= 4 is 21.7 Å². The Labute approximate surface area is 147 Å². The van der Waals surface area contributed by atoms with Gasteiger partial charge in [0.15, 0.2) is 0 Å². The number of rotatable bonds is 5. The highest BCUT2D eigenvalue weighted by Gasteiger charge is 2.28. The Bertz CT molecular complexity index is 844. The van der Waals surface area contributed by atoms with E-state index >= 15 is 0 Å². The number of para-hydroxylation sites is 1. The summed E-state index contributed by atoms with van der Waals surface area (Å²) < 4.78 is 27.1. The van der Waals surface area contributed by atoms with Gasteiger partial charge in [-0.2, -0.15) is 4.31 Å². The maximum Gasteiger partial charge on any atom is 0.307 e. The van der Waals surface area contributed by atoms with E-state index in [4.69, 9.17) is 5.11 Å². The third-order valence-electron chi connectivity index (χ3n) is 4.25. The first-order valence-electron chi connectivity index (χ1n) is 8.08. The van der Waals surface area contributed by atoms with Crippen LogP contribution in [0.3, 0.4) is 0 Å². The third-order valence-corrected chi connectivity index (χ3v) is 6.15. The lowest BCUT2D eigenvalue weighted by Crippen LogP contribution is -2.48. The molecule has 0 aromatic heterocycles. The van der Waals surface area contributed by atoms with Gasteiger partial charge in [0.05, 0.1) is 11.3 Å². The summed E-state index contributed by atoms with van der Waals surface area (Å²) in [5, 5.41) is 8.88. The van der Waals surface area contributed by atoms with E-state index in [2.05, 4.69) is 4.90 Å². The average Bonchev–Trinajstić information content (AvgIpc) is 2.62. The molecule has 1 aliphatic heterocycles. The Morgan fingerprint density at radius 1 is 0.960 bits per heavy atom. The molecule has 1 fully saturated rings. The van der Waals surface area contributed by atoms with Crippen LogP contribution in [0.25, 0.3) is 0 Å². The maximum atomic E-state index is 12.8. The van der Waals surface area contributed by atoms with Gasteiger partial charge in [-0.15, -0.1) is 0 Å². The van der Waals surface area contributed by atoms with E-state index in [9.17, 15) is 13.2 Å². The molecular formula is C18H20N2O4S. The third kappa shape index (κ3) is 4.00. The summed E-state index contributed by atoms with van der Waals surface area (Å²) in [6.07, 6.45) is -0.189. The Hall–Kier alpha value is -2.38. The molecule has 2 aromatic carbocycles. The fraction of sp³-hybridized carbons (Fsp3) is 0.278. The largest absolute Gasteiger partial charge is 0.481 e. The second kappa shape index (κ2) is 7.25. The van der Waals surface area contributed by atoms with E-state index in [-0.39, 0.29) is 11.3 Å². The lowest BCUT2D eigenvalue weighted by molar-refractivity contribution is -0.136. The molecular weight excluding hydrogens is 340 g/mol. The van der Waals surface area contributed by atoms with Crippen LogP contribution in [0.5, 0.6) is 0 Å². The van der Waals surface area contributed by atoms with Crippen molar-refractivity contribution in [3.63, 3.8) is 0 Å². The van der Waals surface area contributed by atoms with Crippen molar-refractivity contribution in [1.29, 1.82) is 0 Å². The number of aliphatic carboxylic acids is 1. The highest BCUT2D eigenvalue weighted by Crippen LogP contribution is 2.21. The van der Waals surface area contributed by atoms with Crippen LogP contribution >= 0.6 is 0 Å². The Morgan fingerprint density at radius 2 is 1.64 bits per heavy atom. The molecule has 0 amide bonds. The zero-order valence-electron chi connectivity index (χ0n) is 13.7. The zero-order valence-corrected chi connectivity index (χ0v) is 14.5. The van der Waals surface area contributed by atoms with Crippen LogP contribution in [0.15, 0.2) is 59.5 Å². The van der Waals surface area contributed by atoms with Crippen LogP contribution < -0.4 is 4.90 Å². The number of anilines is 1. The first kappa shape index (κ1) is 17.4. The van der Waals surface area contributed by atoms with Crippen molar-refractivity contribution in [2.75, 3.05) is 31.1 Å². The quantitative estimate of drug-likeness (QED) is 0.880. The van der Waals surface area contributed by atoms with Gasteiger partial charge in [0.25, 0.3) is 0 Å². The molecule has 0 aliphatic carbocycles. The number of carboxylic acids is 1. The number of hydrogen-bond donors (Lipinski definition) is 1. The van der Waals surface area contributed by atoms with E-state index in [1.54, 1.807) is 12.1 Å². The number of piperazine rings is 1. The SMILES string of the molecule is O=C(O)Cc1cccc(S(=O)(=O)N2CCN(c3ccccc3)CC2)c1. The molecule has 3 rings (SSSR count). The number of nitrogens with zero attached hydrogens (tertiary/aromatic N) is 2. The molecule has 0 atom stereocenters. The second-order valence-corrected chi connectivity index (χ2v) is 7.88. The highest BCUT2D eigenvalue weighted by molar-refractivity contribution is 7.89. The van der Waals surface area contributed by atoms with Crippen molar-refractivity contribution in [3.8, 4) is 0 Å². The highest BCUT2D eigenvalue weighted by atomic mass is 32.2. The lowest BCUT2D eigenvalue weighted by atomic mass is 10.2. The van der Waals surface area contributed by atoms with Gasteiger partial charge >= 0.3 is 5.97 Å². The van der Waals surface area contributed by atoms with E-state index in [0.717, 1.165) is 5.69 Å². The van der Waals surface area contributed by atoms with Gasteiger partial charge in [0.1, 0.15) is 0 Å². The fourth-order valence-corrected chi connectivity index (χ4v) is 4.46. The molecule has 0 unspecified atom stereocenters. The number of carboxylic acid groups (broad SMARTS) is 1. The van der Waals surface area contributed by atoms with Crippen molar-refractivity contribution < 1.29 is 18.3 Å². The minimum atomic E-state index is -3.61. The first-order valence-corrected chi connectivity index (χ1v) is 9.52. The summed E-state index contributed by atoms with van der Waals surface area (Å²) in [6, 6.07) is 16.1. The lowest BCUT2D eigenvalue weighted by Gasteiger charge is -2.35. The van der Waals surface area contributed by atoms with Crippen molar-refractivity contribution in [3.05, 3.63) is 60.2 Å². The van der Waals surface area contributed by atoms with Crippen molar-refractivity contribution in [2.24, 2.45) is 0 Å². The van der Waals surface area contributed by atoms with Gasteiger partial charge < -0.3 is 10.0 Å². The van der Waals surface area contributed by atoms with E-state index in [1.807, 2.05) is 30.3 Å². The summed E-state index contributed by atoms with van der Waals surface area (Å²) in [7, 11) is -3.61. The number of hydrogen-bond acceptors (Lipinski definition) is 4. The van der Waals surface area contributed by atoms with Gasteiger partial charge in [0, 0.05) is 31.9 Å². The normalized spacial score (nSPS) is 15.9. The minimum Gasteiger partial charge on any atom is -0.481 e. The summed E-state index contributed by atoms with van der Waals surface area (Å²) in [5.74, 6) is -0.981. The van der Waals surface area contributed by atoms with Crippen LogP contribution in [0.4, 0.5) is 5.69 Å². The van der Waals surface area contributed by atoms with E-state index < -0.39 is 16.0 Å². The number of sulfonamides is 1. The monoisotopic (exact) mass is 360 g/mol. The predicted molar refractivity (Wildman–Crippen MR) is 95.2 cm³/mol. The zero-order chi connectivity index (χ0) is 17.9. The molecule has 1 aliphatic rings. The molecule has 0 saturated carbocycles. The number of benzene rings is 2. The fourth-order valence-electron chi connectivity index (χ4n) is 2.97. The molecule has 25 heavy (non-hydrogen) atoms. The minimum absolute atomic E-state index is 0.152. The van der Waals surface area contributed by atoms with Gasteiger partial charge in [-0.25, -0.2) is 8.42 Å². The molecule has 2 aromatic rings. The summed E-state index contributed by atoms with van der Waals surface area (Å²) in [6.45, 7) is 2.05. The van der Waals surface area contributed by atoms with Gasteiger partial charge in [-0.05, 0) is 29.8 Å². The molecule has 1 heterocycles. The topological polar surface area (TPSA) is 77.9 Å². The summed E-state index contributed by atoms with van der Waals surface area (Å²) >= 11 is 0. The van der Waals surface area contributed by atoms with E-state index in [0.29, 0.717) is 31.7 Å². The van der Waals surface area contributed by atoms with Crippen LogP contribution in [-0.4, -0.2) is 50.0 Å². The van der Waals surface area contributed by atoms with Crippen molar-refractivity contribution in [2.45, 2.75) is 11.3 Å². The Kier molecular flexibility index (Phi) is 5.06. The average molecular weight is 360 g/mol. The molecule has 1 saturated heterocycles. The van der Waals surface area contributed by atoms with Crippen LogP contribution in [0.2, 0.25) is 0 Å². The van der Waals surface area contributed by atoms with Gasteiger partial charge in [-0.1, -0.05) is 30.3 Å². The van der Waals surface area contributed by atoms with Crippen LogP contribution in [-0.2, 0) is 21.2 Å². The van der Waals surface area contributed by atoms with Gasteiger partial charge in [0.2, 0.25) is 10.0 Å². The second-order valence-electron chi connectivity index (χ2n) is 5.94. The predicted octanol–water partition coefficient (Wildman–Crippen LogP) is 1.82. The molecule has 0 spiro atoms. The standard InChI is InChI=1S/C18H20N2O4S/c21-18(22)14-15-5-4-8-17(13-15)25(23,24)20-11-9-19(10-12-20)16-6-2-1-3-7-16/h1-8,13H,9-12,14H2,(H,21,22). The smallest absolute Gasteiger partial charge is 0.307 e. The Morgan fingerprint density at radius 3 is 2.28 bits per heavy atom. The summed E-state index contributed by atoms with van der Waals surface area (Å²) in [5.41, 5.74) is 1.57. The summed E-state index contributed by atoms with van der Waals surface area (Å²) in [4.78, 5) is 13.1. The molecule has 0 bridgehead atoms.